The molecule has 6 heteroatoms. The van der Waals surface area contributed by atoms with E-state index in [1.165, 1.54) is 12.1 Å². The second-order valence-electron chi connectivity index (χ2n) is 6.61. The predicted molar refractivity (Wildman–Crippen MR) is 103 cm³/mol. The Bertz CT molecular complexity index is 912. The molecule has 0 radical (unpaired) electrons. The third-order valence-corrected chi connectivity index (χ3v) is 4.68. The van der Waals surface area contributed by atoms with Crippen molar-refractivity contribution in [2.24, 2.45) is 0 Å². The van der Waals surface area contributed by atoms with Gasteiger partial charge < -0.3 is 10.1 Å². The fraction of sp³-hybridized carbons (Fsp3) is 0.238. The Morgan fingerprint density at radius 1 is 1.11 bits per heavy atom. The first-order valence-corrected chi connectivity index (χ1v) is 8.92. The van der Waals surface area contributed by atoms with Crippen LogP contribution >= 0.6 is 0 Å². The summed E-state index contributed by atoms with van der Waals surface area (Å²) in [7, 11) is 1.65. The van der Waals surface area contributed by atoms with Gasteiger partial charge in [0.15, 0.2) is 0 Å². The lowest BCUT2D eigenvalue weighted by molar-refractivity contribution is 0.243. The Labute approximate surface area is 157 Å². The Hall–Kier alpha value is -2.99. The first-order chi connectivity index (χ1) is 13.2. The number of hydrogen-bond acceptors (Lipinski definition) is 5. The fourth-order valence-electron chi connectivity index (χ4n) is 3.22. The molecule has 0 amide bonds. The molecule has 0 saturated carbocycles. The van der Waals surface area contributed by atoms with Crippen molar-refractivity contribution in [3.05, 3.63) is 77.4 Å². The summed E-state index contributed by atoms with van der Waals surface area (Å²) in [6.07, 6.45) is 2.77. The van der Waals surface area contributed by atoms with Crippen molar-refractivity contribution < 1.29 is 9.13 Å². The zero-order valence-corrected chi connectivity index (χ0v) is 15.2. The number of benzene rings is 2. The van der Waals surface area contributed by atoms with Crippen molar-refractivity contribution in [3.8, 4) is 5.75 Å². The van der Waals surface area contributed by atoms with E-state index < -0.39 is 0 Å². The molecule has 138 valence electrons. The van der Waals surface area contributed by atoms with Crippen LogP contribution in [0.1, 0.15) is 16.8 Å². The number of methoxy groups -OCH3 is 1. The van der Waals surface area contributed by atoms with E-state index in [0.29, 0.717) is 5.95 Å². The lowest BCUT2D eigenvalue weighted by atomic mass is 10.1. The number of hydrogen-bond donors (Lipinski definition) is 1. The van der Waals surface area contributed by atoms with Gasteiger partial charge in [-0.3, -0.25) is 4.90 Å². The molecule has 0 aliphatic carbocycles. The summed E-state index contributed by atoms with van der Waals surface area (Å²) >= 11 is 0. The van der Waals surface area contributed by atoms with E-state index in [0.717, 1.165) is 54.3 Å². The minimum atomic E-state index is -0.201. The molecule has 0 fully saturated rings. The van der Waals surface area contributed by atoms with Crippen LogP contribution in [-0.2, 0) is 19.5 Å². The van der Waals surface area contributed by atoms with Gasteiger partial charge in [0.2, 0.25) is 5.95 Å². The molecule has 27 heavy (non-hydrogen) atoms. The maximum atomic E-state index is 13.1. The summed E-state index contributed by atoms with van der Waals surface area (Å²) in [5, 5.41) is 3.23. The minimum Gasteiger partial charge on any atom is -0.497 e. The van der Waals surface area contributed by atoms with Gasteiger partial charge in [-0.25, -0.2) is 14.4 Å². The third kappa shape index (κ3) is 4.23. The quantitative estimate of drug-likeness (QED) is 0.743. The average Bonchev–Trinajstić information content (AvgIpc) is 2.70. The van der Waals surface area contributed by atoms with E-state index in [4.69, 9.17) is 4.74 Å². The smallest absolute Gasteiger partial charge is 0.227 e. The number of anilines is 2. The van der Waals surface area contributed by atoms with Crippen molar-refractivity contribution in [1.29, 1.82) is 0 Å². The number of nitrogens with one attached hydrogen (secondary N) is 1. The van der Waals surface area contributed by atoms with Gasteiger partial charge >= 0.3 is 0 Å². The van der Waals surface area contributed by atoms with E-state index in [9.17, 15) is 4.39 Å². The highest BCUT2D eigenvalue weighted by molar-refractivity contribution is 5.54. The Kier molecular flexibility index (Phi) is 4.98. The van der Waals surface area contributed by atoms with Crippen LogP contribution in [0.3, 0.4) is 0 Å². The van der Waals surface area contributed by atoms with Gasteiger partial charge in [-0.1, -0.05) is 12.1 Å². The Morgan fingerprint density at radius 3 is 2.63 bits per heavy atom. The summed E-state index contributed by atoms with van der Waals surface area (Å²) in [5.41, 5.74) is 4.25. The van der Waals surface area contributed by atoms with E-state index in [1.807, 2.05) is 42.6 Å². The van der Waals surface area contributed by atoms with Crippen molar-refractivity contribution in [2.75, 3.05) is 19.0 Å². The number of nitrogens with zero attached hydrogens (tertiary/aromatic N) is 3. The van der Waals surface area contributed by atoms with E-state index in [1.54, 1.807) is 7.11 Å². The monoisotopic (exact) mass is 364 g/mol. The van der Waals surface area contributed by atoms with Crippen LogP contribution in [0.5, 0.6) is 5.75 Å². The van der Waals surface area contributed by atoms with Crippen LogP contribution in [0.2, 0.25) is 0 Å². The molecule has 5 nitrogen and oxygen atoms in total. The average molecular weight is 364 g/mol. The van der Waals surface area contributed by atoms with Crippen LogP contribution in [-0.4, -0.2) is 28.5 Å². The summed E-state index contributed by atoms with van der Waals surface area (Å²) in [6, 6.07) is 14.4. The van der Waals surface area contributed by atoms with Crippen LogP contribution in [0.4, 0.5) is 16.0 Å². The minimum absolute atomic E-state index is 0.201. The molecule has 1 aliphatic rings. The number of fused-ring (bicyclic) bond motifs is 1. The molecule has 0 saturated heterocycles. The van der Waals surface area contributed by atoms with Crippen LogP contribution in [0.25, 0.3) is 0 Å². The van der Waals surface area contributed by atoms with E-state index >= 15 is 0 Å². The number of rotatable bonds is 5. The number of aromatic nitrogens is 2. The standard InChI is InChI=1S/C21H21FN4O/c1-27-19-8-6-18(7-9-19)24-21-23-12-16-14-26(11-10-20(16)25-21)13-15-2-4-17(22)5-3-15/h2-9,12H,10-11,13-14H2,1H3,(H,23,24,25). The molecule has 1 aliphatic heterocycles. The lowest BCUT2D eigenvalue weighted by Gasteiger charge is -2.28. The largest absolute Gasteiger partial charge is 0.497 e. The van der Waals surface area contributed by atoms with Gasteiger partial charge in [0.05, 0.1) is 12.8 Å². The predicted octanol–water partition coefficient (Wildman–Crippen LogP) is 3.93. The molecule has 1 aromatic heterocycles. The maximum absolute atomic E-state index is 13.1. The molecule has 3 aromatic rings. The van der Waals surface area contributed by atoms with Gasteiger partial charge in [-0.15, -0.1) is 0 Å². The van der Waals surface area contributed by atoms with Crippen LogP contribution in [0, 0.1) is 5.82 Å². The Morgan fingerprint density at radius 2 is 1.89 bits per heavy atom. The van der Waals surface area contributed by atoms with Gasteiger partial charge in [0.25, 0.3) is 0 Å². The second-order valence-corrected chi connectivity index (χ2v) is 6.61. The molecule has 4 rings (SSSR count). The zero-order chi connectivity index (χ0) is 18.6. The summed E-state index contributed by atoms with van der Waals surface area (Å²) in [4.78, 5) is 11.5. The normalized spacial score (nSPS) is 13.9. The maximum Gasteiger partial charge on any atom is 0.227 e. The third-order valence-electron chi connectivity index (χ3n) is 4.68. The molecule has 0 bridgehead atoms. The molecular weight excluding hydrogens is 343 g/mol. The van der Waals surface area contributed by atoms with Crippen molar-refractivity contribution in [2.45, 2.75) is 19.5 Å². The molecule has 0 unspecified atom stereocenters. The van der Waals surface area contributed by atoms with Gasteiger partial charge in [-0.2, -0.15) is 0 Å². The van der Waals surface area contributed by atoms with Crippen molar-refractivity contribution in [3.63, 3.8) is 0 Å². The zero-order valence-electron chi connectivity index (χ0n) is 15.2. The molecule has 2 aromatic carbocycles. The van der Waals surface area contributed by atoms with Gasteiger partial charge in [0, 0.05) is 43.5 Å². The van der Waals surface area contributed by atoms with Gasteiger partial charge in [0.1, 0.15) is 11.6 Å². The summed E-state index contributed by atoms with van der Waals surface area (Å²) in [5.74, 6) is 1.21. The highest BCUT2D eigenvalue weighted by atomic mass is 19.1. The lowest BCUT2D eigenvalue weighted by Crippen LogP contribution is -2.31. The molecule has 0 atom stereocenters. The summed E-state index contributed by atoms with van der Waals surface area (Å²) in [6.45, 7) is 2.52. The highest BCUT2D eigenvalue weighted by Crippen LogP contribution is 2.22. The van der Waals surface area contributed by atoms with E-state index in [-0.39, 0.29) is 5.82 Å². The van der Waals surface area contributed by atoms with Crippen LogP contribution in [0.15, 0.2) is 54.7 Å². The van der Waals surface area contributed by atoms with Gasteiger partial charge in [-0.05, 0) is 42.0 Å². The topological polar surface area (TPSA) is 50.3 Å². The first kappa shape index (κ1) is 17.4. The first-order valence-electron chi connectivity index (χ1n) is 8.92. The van der Waals surface area contributed by atoms with Crippen molar-refractivity contribution >= 4 is 11.6 Å². The van der Waals surface area contributed by atoms with Crippen LogP contribution < -0.4 is 10.1 Å². The highest BCUT2D eigenvalue weighted by Gasteiger charge is 2.18. The second kappa shape index (κ2) is 7.72. The van der Waals surface area contributed by atoms with Crippen molar-refractivity contribution in [1.82, 2.24) is 14.9 Å². The Balaban J connectivity index is 1.42. The molecular formula is C21H21FN4O. The summed E-state index contributed by atoms with van der Waals surface area (Å²) < 4.78 is 18.2. The molecule has 0 spiro atoms. The fourth-order valence-corrected chi connectivity index (χ4v) is 3.22. The molecule has 2 heterocycles. The van der Waals surface area contributed by atoms with E-state index in [2.05, 4.69) is 20.2 Å². The number of halogens is 1. The number of ether oxygens (including phenoxy) is 1. The SMILES string of the molecule is COc1ccc(Nc2ncc3c(n2)CCN(Cc2ccc(F)cc2)C3)cc1. The molecule has 1 N–H and O–H groups in total.